The minimum Gasteiger partial charge on any atom is -0.481 e. The Morgan fingerprint density at radius 2 is 1.95 bits per heavy atom. The van der Waals surface area contributed by atoms with Gasteiger partial charge >= 0.3 is 12.0 Å². The van der Waals surface area contributed by atoms with Gasteiger partial charge < -0.3 is 20.2 Å². The van der Waals surface area contributed by atoms with Gasteiger partial charge in [0.1, 0.15) is 0 Å². The van der Waals surface area contributed by atoms with E-state index in [1.54, 1.807) is 13.1 Å². The largest absolute Gasteiger partial charge is 0.481 e. The SMILES string of the molecule is CN(CCC(=O)O)C(=O)Nc1cccc(N(C)C)c1. The van der Waals surface area contributed by atoms with Gasteiger partial charge in [-0.3, -0.25) is 4.79 Å². The molecule has 0 radical (unpaired) electrons. The quantitative estimate of drug-likeness (QED) is 0.849. The molecule has 104 valence electrons. The monoisotopic (exact) mass is 265 g/mol. The number of urea groups is 1. The fourth-order valence-electron chi connectivity index (χ4n) is 1.45. The second-order valence-electron chi connectivity index (χ2n) is 4.44. The van der Waals surface area contributed by atoms with E-state index in [0.29, 0.717) is 5.69 Å². The summed E-state index contributed by atoms with van der Waals surface area (Å²) in [7, 11) is 5.40. The number of benzene rings is 1. The summed E-state index contributed by atoms with van der Waals surface area (Å²) in [5.41, 5.74) is 1.66. The van der Waals surface area contributed by atoms with Crippen molar-refractivity contribution in [3.05, 3.63) is 24.3 Å². The number of carbonyl (C=O) groups excluding carboxylic acids is 1. The maximum atomic E-state index is 11.8. The van der Waals surface area contributed by atoms with Gasteiger partial charge in [0, 0.05) is 39.1 Å². The van der Waals surface area contributed by atoms with Crippen molar-refractivity contribution in [2.45, 2.75) is 6.42 Å². The minimum atomic E-state index is -0.922. The van der Waals surface area contributed by atoms with Crippen LogP contribution in [0.3, 0.4) is 0 Å². The first kappa shape index (κ1) is 14.8. The normalized spacial score (nSPS) is 9.84. The van der Waals surface area contributed by atoms with Crippen LogP contribution in [0.1, 0.15) is 6.42 Å². The van der Waals surface area contributed by atoms with Crippen molar-refractivity contribution in [2.24, 2.45) is 0 Å². The van der Waals surface area contributed by atoms with E-state index in [-0.39, 0.29) is 19.0 Å². The van der Waals surface area contributed by atoms with Gasteiger partial charge in [0.15, 0.2) is 0 Å². The summed E-state index contributed by atoms with van der Waals surface area (Å²) in [6.45, 7) is 0.175. The number of carbonyl (C=O) groups is 2. The van der Waals surface area contributed by atoms with Crippen LogP contribution in [0, 0.1) is 0 Å². The van der Waals surface area contributed by atoms with Crippen molar-refractivity contribution in [3.63, 3.8) is 0 Å². The molecule has 19 heavy (non-hydrogen) atoms. The molecule has 2 N–H and O–H groups in total. The number of rotatable bonds is 5. The smallest absolute Gasteiger partial charge is 0.321 e. The highest BCUT2D eigenvalue weighted by Crippen LogP contribution is 2.17. The van der Waals surface area contributed by atoms with Crippen molar-refractivity contribution >= 4 is 23.4 Å². The van der Waals surface area contributed by atoms with Gasteiger partial charge in [-0.25, -0.2) is 4.79 Å². The van der Waals surface area contributed by atoms with E-state index in [0.717, 1.165) is 5.69 Å². The Kier molecular flexibility index (Phi) is 5.17. The van der Waals surface area contributed by atoms with Gasteiger partial charge in [-0.05, 0) is 18.2 Å². The number of carboxylic acid groups (broad SMARTS) is 1. The average Bonchev–Trinajstić information content (AvgIpc) is 2.36. The van der Waals surface area contributed by atoms with Gasteiger partial charge in [-0.1, -0.05) is 6.07 Å². The van der Waals surface area contributed by atoms with E-state index in [4.69, 9.17) is 5.11 Å². The Morgan fingerprint density at radius 1 is 1.26 bits per heavy atom. The summed E-state index contributed by atoms with van der Waals surface area (Å²) >= 11 is 0. The van der Waals surface area contributed by atoms with Crippen LogP contribution in [-0.4, -0.2) is 49.7 Å². The summed E-state index contributed by atoms with van der Waals surface area (Å²) in [5, 5.41) is 11.3. The van der Waals surface area contributed by atoms with Crippen LogP contribution in [0.25, 0.3) is 0 Å². The first-order valence-electron chi connectivity index (χ1n) is 5.91. The fraction of sp³-hybridized carbons (Fsp3) is 0.385. The van der Waals surface area contributed by atoms with Gasteiger partial charge in [-0.2, -0.15) is 0 Å². The summed E-state index contributed by atoms with van der Waals surface area (Å²) in [6.07, 6.45) is -0.0678. The van der Waals surface area contributed by atoms with Crippen LogP contribution < -0.4 is 10.2 Å². The minimum absolute atomic E-state index is 0.0678. The molecule has 0 aliphatic heterocycles. The van der Waals surface area contributed by atoms with E-state index in [1.807, 2.05) is 37.2 Å². The predicted molar refractivity (Wildman–Crippen MR) is 74.7 cm³/mol. The highest BCUT2D eigenvalue weighted by molar-refractivity contribution is 5.89. The van der Waals surface area contributed by atoms with Crippen LogP contribution in [-0.2, 0) is 4.79 Å². The Labute approximate surface area is 112 Å². The molecule has 0 saturated carbocycles. The predicted octanol–water partition coefficient (Wildman–Crippen LogP) is 1.69. The van der Waals surface area contributed by atoms with Crippen LogP contribution in [0.4, 0.5) is 16.2 Å². The number of hydrogen-bond donors (Lipinski definition) is 2. The second kappa shape index (κ2) is 6.63. The average molecular weight is 265 g/mol. The second-order valence-corrected chi connectivity index (χ2v) is 4.44. The zero-order valence-corrected chi connectivity index (χ0v) is 11.4. The molecule has 0 aliphatic carbocycles. The van der Waals surface area contributed by atoms with E-state index in [9.17, 15) is 9.59 Å². The number of carboxylic acids is 1. The van der Waals surface area contributed by atoms with E-state index >= 15 is 0 Å². The van der Waals surface area contributed by atoms with Crippen LogP contribution in [0.2, 0.25) is 0 Å². The Bertz CT molecular complexity index is 460. The molecular formula is C13H19N3O3. The standard InChI is InChI=1S/C13H19N3O3/c1-15(2)11-6-4-5-10(9-11)14-13(19)16(3)8-7-12(17)18/h4-6,9H,7-8H2,1-3H3,(H,14,19)(H,17,18). The van der Waals surface area contributed by atoms with Gasteiger partial charge in [0.05, 0.1) is 6.42 Å². The van der Waals surface area contributed by atoms with Crippen LogP contribution in [0.5, 0.6) is 0 Å². The summed E-state index contributed by atoms with van der Waals surface area (Å²) < 4.78 is 0. The first-order valence-corrected chi connectivity index (χ1v) is 5.91. The maximum Gasteiger partial charge on any atom is 0.321 e. The van der Waals surface area contributed by atoms with Crippen molar-refractivity contribution in [1.29, 1.82) is 0 Å². The van der Waals surface area contributed by atoms with Gasteiger partial charge in [0.2, 0.25) is 0 Å². The zero-order chi connectivity index (χ0) is 14.4. The highest BCUT2D eigenvalue weighted by Gasteiger charge is 2.10. The third-order valence-electron chi connectivity index (χ3n) is 2.62. The molecule has 0 fully saturated rings. The topological polar surface area (TPSA) is 72.9 Å². The molecule has 0 aromatic heterocycles. The molecule has 0 spiro atoms. The van der Waals surface area contributed by atoms with Crippen molar-refractivity contribution in [2.75, 3.05) is 37.9 Å². The molecule has 1 aromatic rings. The molecule has 6 nitrogen and oxygen atoms in total. The molecule has 0 atom stereocenters. The van der Waals surface area contributed by atoms with Crippen LogP contribution >= 0.6 is 0 Å². The fourth-order valence-corrected chi connectivity index (χ4v) is 1.45. The van der Waals surface area contributed by atoms with Gasteiger partial charge in [0.25, 0.3) is 0 Å². The summed E-state index contributed by atoms with van der Waals surface area (Å²) in [5.74, 6) is -0.922. The number of nitrogens with zero attached hydrogens (tertiary/aromatic N) is 2. The first-order chi connectivity index (χ1) is 8.90. The number of aliphatic carboxylic acids is 1. The zero-order valence-electron chi connectivity index (χ0n) is 11.4. The lowest BCUT2D eigenvalue weighted by Gasteiger charge is -2.18. The number of nitrogens with one attached hydrogen (secondary N) is 1. The van der Waals surface area contributed by atoms with E-state index in [1.165, 1.54) is 4.90 Å². The molecule has 0 saturated heterocycles. The van der Waals surface area contributed by atoms with Gasteiger partial charge in [-0.15, -0.1) is 0 Å². The van der Waals surface area contributed by atoms with Crippen LogP contribution in [0.15, 0.2) is 24.3 Å². The number of hydrogen-bond acceptors (Lipinski definition) is 3. The third-order valence-corrected chi connectivity index (χ3v) is 2.62. The number of anilines is 2. The lowest BCUT2D eigenvalue weighted by molar-refractivity contribution is -0.137. The van der Waals surface area contributed by atoms with E-state index in [2.05, 4.69) is 5.32 Å². The Balaban J connectivity index is 2.61. The molecule has 2 amide bonds. The summed E-state index contributed by atoms with van der Waals surface area (Å²) in [4.78, 5) is 25.5. The Hall–Kier alpha value is -2.24. The van der Waals surface area contributed by atoms with E-state index < -0.39 is 5.97 Å². The lowest BCUT2D eigenvalue weighted by Crippen LogP contribution is -2.33. The number of amides is 2. The van der Waals surface area contributed by atoms with Crippen molar-refractivity contribution in [3.8, 4) is 0 Å². The molecule has 0 bridgehead atoms. The maximum absolute atomic E-state index is 11.8. The third kappa shape index (κ3) is 4.87. The summed E-state index contributed by atoms with van der Waals surface area (Å²) in [6, 6.07) is 7.10. The molecular weight excluding hydrogens is 246 g/mol. The molecule has 6 heteroatoms. The van der Waals surface area contributed by atoms with Crippen molar-refractivity contribution < 1.29 is 14.7 Å². The molecule has 0 heterocycles. The van der Waals surface area contributed by atoms with Crippen molar-refractivity contribution in [1.82, 2.24) is 4.90 Å². The Morgan fingerprint density at radius 3 is 2.53 bits per heavy atom. The molecule has 1 aromatic carbocycles. The molecule has 1 rings (SSSR count). The molecule has 0 unspecified atom stereocenters. The molecule has 0 aliphatic rings. The lowest BCUT2D eigenvalue weighted by atomic mass is 10.2. The highest BCUT2D eigenvalue weighted by atomic mass is 16.4.